The zero-order valence-corrected chi connectivity index (χ0v) is 9.67. The van der Waals surface area contributed by atoms with Crippen LogP contribution in [0.1, 0.15) is 19.1 Å². The summed E-state index contributed by atoms with van der Waals surface area (Å²) in [6.07, 6.45) is 2.99. The highest BCUT2D eigenvalue weighted by Crippen LogP contribution is 1.94. The van der Waals surface area contributed by atoms with Crippen molar-refractivity contribution in [2.45, 2.75) is 13.3 Å². The minimum atomic E-state index is -0.709. The molecule has 0 amide bonds. The second kappa shape index (κ2) is 5.59. The molecule has 0 saturated carbocycles. The van der Waals surface area contributed by atoms with Gasteiger partial charge >= 0.3 is 5.70 Å². The Morgan fingerprint density at radius 1 is 1.72 bits per heavy atom. The van der Waals surface area contributed by atoms with Crippen molar-refractivity contribution in [3.05, 3.63) is 55.5 Å². The van der Waals surface area contributed by atoms with Crippen molar-refractivity contribution < 1.29 is 9.34 Å². The SMILES string of the molecule is C=C/C(=c1/oc(C#N)cc(=O)/c1=C/CC)[N+](=O)[O-]. The lowest BCUT2D eigenvalue weighted by Crippen LogP contribution is -2.40. The Labute approximate surface area is 102 Å². The minimum absolute atomic E-state index is 0.0723. The minimum Gasteiger partial charge on any atom is -0.438 e. The van der Waals surface area contributed by atoms with Gasteiger partial charge in [-0.2, -0.15) is 5.26 Å². The van der Waals surface area contributed by atoms with E-state index in [4.69, 9.17) is 9.68 Å². The van der Waals surface area contributed by atoms with E-state index in [2.05, 4.69) is 6.58 Å². The Kier molecular flexibility index (Phi) is 4.16. The van der Waals surface area contributed by atoms with E-state index in [0.29, 0.717) is 6.42 Å². The molecule has 0 bridgehead atoms. The molecule has 0 aromatic carbocycles. The molecule has 1 rings (SSSR count). The number of nitriles is 1. The molecule has 0 aliphatic heterocycles. The maximum Gasteiger partial charge on any atom is 0.311 e. The largest absolute Gasteiger partial charge is 0.438 e. The Morgan fingerprint density at radius 3 is 2.83 bits per heavy atom. The molecule has 0 saturated heterocycles. The van der Waals surface area contributed by atoms with Gasteiger partial charge in [0.2, 0.25) is 11.2 Å². The fourth-order valence-electron chi connectivity index (χ4n) is 1.40. The third kappa shape index (κ3) is 2.52. The first kappa shape index (κ1) is 13.4. The summed E-state index contributed by atoms with van der Waals surface area (Å²) >= 11 is 0. The van der Waals surface area contributed by atoms with Crippen LogP contribution in [-0.2, 0) is 0 Å². The van der Waals surface area contributed by atoms with E-state index in [1.165, 1.54) is 6.08 Å². The normalized spacial score (nSPS) is 12.8. The summed E-state index contributed by atoms with van der Waals surface area (Å²) in [4.78, 5) is 21.9. The molecule has 0 aliphatic carbocycles. The smallest absolute Gasteiger partial charge is 0.311 e. The second-order valence-corrected chi connectivity index (χ2v) is 3.29. The summed E-state index contributed by atoms with van der Waals surface area (Å²) in [6, 6.07) is 2.65. The van der Waals surface area contributed by atoms with Crippen molar-refractivity contribution in [3.8, 4) is 6.07 Å². The second-order valence-electron chi connectivity index (χ2n) is 3.29. The first-order chi connectivity index (χ1) is 8.54. The lowest BCUT2D eigenvalue weighted by atomic mass is 10.2. The highest BCUT2D eigenvalue weighted by atomic mass is 16.6. The molecule has 1 aromatic rings. The van der Waals surface area contributed by atoms with Crippen molar-refractivity contribution in [2.75, 3.05) is 0 Å². The molecule has 0 spiro atoms. The fraction of sp³-hybridized carbons (Fsp3) is 0.167. The highest BCUT2D eigenvalue weighted by molar-refractivity contribution is 5.45. The number of hydrogen-bond donors (Lipinski definition) is 0. The van der Waals surface area contributed by atoms with Gasteiger partial charge < -0.3 is 4.42 Å². The van der Waals surface area contributed by atoms with E-state index in [9.17, 15) is 14.9 Å². The highest BCUT2D eigenvalue weighted by Gasteiger charge is 2.12. The Hall–Kier alpha value is -2.68. The molecule has 0 radical (unpaired) electrons. The summed E-state index contributed by atoms with van der Waals surface area (Å²) < 4.78 is 5.06. The molecule has 1 heterocycles. The van der Waals surface area contributed by atoms with Crippen molar-refractivity contribution >= 4 is 11.8 Å². The number of rotatable bonds is 3. The van der Waals surface area contributed by atoms with Crippen LogP contribution in [0.25, 0.3) is 11.8 Å². The molecule has 0 N–H and O–H groups in total. The van der Waals surface area contributed by atoms with Gasteiger partial charge in [0, 0.05) is 12.1 Å². The van der Waals surface area contributed by atoms with E-state index in [1.807, 2.05) is 0 Å². The first-order valence-electron chi connectivity index (χ1n) is 5.10. The van der Waals surface area contributed by atoms with Gasteiger partial charge in [-0.1, -0.05) is 19.6 Å². The van der Waals surface area contributed by atoms with Gasteiger partial charge in [0.25, 0.3) is 0 Å². The predicted octanol–water partition coefficient (Wildman–Crippen LogP) is 0.273. The third-order valence-electron chi connectivity index (χ3n) is 2.13. The van der Waals surface area contributed by atoms with Crippen LogP contribution in [0, 0.1) is 21.4 Å². The molecule has 18 heavy (non-hydrogen) atoms. The van der Waals surface area contributed by atoms with Gasteiger partial charge in [0.05, 0.1) is 10.1 Å². The van der Waals surface area contributed by atoms with E-state index in [-0.39, 0.29) is 16.4 Å². The maximum absolute atomic E-state index is 11.7. The molecular formula is C12H10N2O4. The van der Waals surface area contributed by atoms with E-state index in [0.717, 1.165) is 12.1 Å². The average Bonchev–Trinajstić information content (AvgIpc) is 2.33. The third-order valence-corrected chi connectivity index (χ3v) is 2.13. The standard InChI is InChI=1S/C12H10N2O4/c1-3-5-9-11(15)6-8(7-13)18-12(9)10(4-2)14(16)17/h4-6H,2-3H2,1H3/b9-5-,12-10-. The number of hydrogen-bond acceptors (Lipinski definition) is 5. The summed E-state index contributed by atoms with van der Waals surface area (Å²) in [6.45, 7) is 5.09. The van der Waals surface area contributed by atoms with Crippen molar-refractivity contribution in [1.29, 1.82) is 5.26 Å². The van der Waals surface area contributed by atoms with Crippen molar-refractivity contribution in [3.63, 3.8) is 0 Å². The van der Waals surface area contributed by atoms with Crippen LogP contribution in [-0.4, -0.2) is 4.92 Å². The van der Waals surface area contributed by atoms with Crippen LogP contribution in [0.3, 0.4) is 0 Å². The summed E-state index contributed by atoms with van der Waals surface area (Å²) in [5.41, 5.74) is -1.17. The topological polar surface area (TPSA) is 97.1 Å². The summed E-state index contributed by atoms with van der Waals surface area (Å²) in [5.74, 6) is -0.274. The zero-order valence-electron chi connectivity index (χ0n) is 9.67. The van der Waals surface area contributed by atoms with E-state index >= 15 is 0 Å². The fourth-order valence-corrected chi connectivity index (χ4v) is 1.40. The number of nitrogens with zero attached hydrogens (tertiary/aromatic N) is 2. The number of nitro groups is 1. The van der Waals surface area contributed by atoms with E-state index in [1.54, 1.807) is 13.0 Å². The van der Waals surface area contributed by atoms with Gasteiger partial charge in [-0.05, 0) is 6.42 Å². The van der Waals surface area contributed by atoms with E-state index < -0.39 is 16.0 Å². The summed E-state index contributed by atoms with van der Waals surface area (Å²) in [7, 11) is 0. The average molecular weight is 246 g/mol. The van der Waals surface area contributed by atoms with Gasteiger partial charge in [-0.3, -0.25) is 14.9 Å². The van der Waals surface area contributed by atoms with Crippen LogP contribution in [0.15, 0.2) is 27.9 Å². The van der Waals surface area contributed by atoms with Gasteiger partial charge in [0.15, 0.2) is 5.43 Å². The molecule has 0 fully saturated rings. The molecule has 0 aliphatic rings. The zero-order chi connectivity index (χ0) is 13.7. The maximum atomic E-state index is 11.7. The molecule has 92 valence electrons. The summed E-state index contributed by atoms with van der Waals surface area (Å²) in [5, 5.41) is 19.6. The molecule has 1 aromatic heterocycles. The predicted molar refractivity (Wildman–Crippen MR) is 64.3 cm³/mol. The van der Waals surface area contributed by atoms with Crippen LogP contribution < -0.4 is 16.1 Å². The molecule has 0 unspecified atom stereocenters. The Bertz CT molecular complexity index is 707. The lowest BCUT2D eigenvalue weighted by Gasteiger charge is -1.94. The molecule has 6 heteroatoms. The molecule has 0 atom stereocenters. The van der Waals surface area contributed by atoms with Crippen LogP contribution >= 0.6 is 0 Å². The first-order valence-corrected chi connectivity index (χ1v) is 5.10. The molecule has 6 nitrogen and oxygen atoms in total. The van der Waals surface area contributed by atoms with Crippen LogP contribution in [0.5, 0.6) is 0 Å². The van der Waals surface area contributed by atoms with Crippen LogP contribution in [0.4, 0.5) is 0 Å². The Balaban J connectivity index is 4.05. The van der Waals surface area contributed by atoms with Crippen LogP contribution in [0.2, 0.25) is 0 Å². The molecular weight excluding hydrogens is 236 g/mol. The van der Waals surface area contributed by atoms with Gasteiger partial charge in [0.1, 0.15) is 6.07 Å². The Morgan fingerprint density at radius 2 is 2.39 bits per heavy atom. The quantitative estimate of drug-likeness (QED) is 0.563. The van der Waals surface area contributed by atoms with Crippen molar-refractivity contribution in [2.24, 2.45) is 0 Å². The van der Waals surface area contributed by atoms with Crippen molar-refractivity contribution in [1.82, 2.24) is 0 Å². The van der Waals surface area contributed by atoms with Gasteiger partial charge in [-0.15, -0.1) is 0 Å². The lowest BCUT2D eigenvalue weighted by molar-refractivity contribution is -0.376. The monoisotopic (exact) mass is 246 g/mol. The van der Waals surface area contributed by atoms with Gasteiger partial charge in [-0.25, -0.2) is 0 Å².